The Morgan fingerprint density at radius 3 is 2.64 bits per heavy atom. The van der Waals surface area contributed by atoms with Crippen molar-refractivity contribution in [3.63, 3.8) is 0 Å². The van der Waals surface area contributed by atoms with Gasteiger partial charge in [-0.2, -0.15) is 4.98 Å². The molecule has 1 aliphatic heterocycles. The number of halogens is 1. The minimum atomic E-state index is 0.0308. The summed E-state index contributed by atoms with van der Waals surface area (Å²) < 4.78 is 5.44. The number of amides is 1. The molecule has 2 aromatic carbocycles. The summed E-state index contributed by atoms with van der Waals surface area (Å²) in [5.74, 6) is 1.25. The fourth-order valence-electron chi connectivity index (χ4n) is 4.31. The average molecular weight is 467 g/mol. The summed E-state index contributed by atoms with van der Waals surface area (Å²) in [5.41, 5.74) is 4.47. The van der Waals surface area contributed by atoms with Gasteiger partial charge in [-0.3, -0.25) is 9.69 Å². The number of aromatic nitrogens is 2. The molecule has 6 nitrogen and oxygen atoms in total. The number of hydrogen-bond donors (Lipinski definition) is 1. The van der Waals surface area contributed by atoms with E-state index in [0.29, 0.717) is 23.3 Å². The van der Waals surface area contributed by atoms with Crippen LogP contribution in [0.5, 0.6) is 0 Å². The number of likely N-dealkylation sites (tertiary alicyclic amines) is 1. The Morgan fingerprint density at radius 2 is 1.94 bits per heavy atom. The first-order valence-electron chi connectivity index (χ1n) is 11.6. The summed E-state index contributed by atoms with van der Waals surface area (Å²) in [4.78, 5) is 19.7. The molecule has 0 aliphatic carbocycles. The van der Waals surface area contributed by atoms with Crippen LogP contribution in [0.25, 0.3) is 11.4 Å². The second-order valence-electron chi connectivity index (χ2n) is 8.86. The summed E-state index contributed by atoms with van der Waals surface area (Å²) >= 11 is 6.24. The van der Waals surface area contributed by atoms with E-state index in [-0.39, 0.29) is 17.9 Å². The van der Waals surface area contributed by atoms with E-state index in [9.17, 15) is 4.79 Å². The first-order chi connectivity index (χ1) is 15.9. The number of carbonyl (C=O) groups excluding carboxylic acids is 1. The second kappa shape index (κ2) is 10.5. The lowest BCUT2D eigenvalue weighted by Gasteiger charge is -2.31. The summed E-state index contributed by atoms with van der Waals surface area (Å²) in [7, 11) is 0. The normalized spacial score (nSPS) is 16.0. The van der Waals surface area contributed by atoms with Crippen molar-refractivity contribution in [1.82, 2.24) is 20.4 Å². The molecule has 0 spiro atoms. The number of piperidine rings is 1. The van der Waals surface area contributed by atoms with E-state index in [0.717, 1.165) is 37.9 Å². The Balaban J connectivity index is 1.30. The Bertz CT molecular complexity index is 1110. The predicted molar refractivity (Wildman–Crippen MR) is 130 cm³/mol. The molecule has 0 bridgehead atoms. The highest BCUT2D eigenvalue weighted by atomic mass is 35.5. The van der Waals surface area contributed by atoms with Crippen LogP contribution in [-0.2, 0) is 11.3 Å². The number of rotatable bonds is 7. The molecule has 0 saturated carbocycles. The minimum absolute atomic E-state index is 0.0308. The number of nitrogens with one attached hydrogen (secondary N) is 1. The second-order valence-corrected chi connectivity index (χ2v) is 9.26. The SMILES string of the molecule is CCC(NC(=O)C1CCN(Cc2nc(-c3ccccc3Cl)no2)CC1)c1ccc(C)c(C)c1. The Labute approximate surface area is 200 Å². The van der Waals surface area contributed by atoms with Crippen molar-refractivity contribution in [2.45, 2.75) is 52.6 Å². The van der Waals surface area contributed by atoms with Crippen molar-refractivity contribution < 1.29 is 9.32 Å². The van der Waals surface area contributed by atoms with Gasteiger partial charge in [0, 0.05) is 11.5 Å². The van der Waals surface area contributed by atoms with E-state index in [1.165, 1.54) is 16.7 Å². The molecule has 1 aromatic heterocycles. The lowest BCUT2D eigenvalue weighted by molar-refractivity contribution is -0.127. The highest BCUT2D eigenvalue weighted by Crippen LogP contribution is 2.26. The van der Waals surface area contributed by atoms with Gasteiger partial charge in [-0.05, 0) is 75.0 Å². The first kappa shape index (κ1) is 23.5. The molecule has 174 valence electrons. The summed E-state index contributed by atoms with van der Waals surface area (Å²) in [6.07, 6.45) is 2.51. The minimum Gasteiger partial charge on any atom is -0.349 e. The van der Waals surface area contributed by atoms with Gasteiger partial charge in [-0.1, -0.05) is 54.0 Å². The summed E-state index contributed by atoms with van der Waals surface area (Å²) in [5, 5.41) is 7.96. The Hall–Kier alpha value is -2.70. The molecular weight excluding hydrogens is 436 g/mol. The summed E-state index contributed by atoms with van der Waals surface area (Å²) in [6, 6.07) is 14.0. The van der Waals surface area contributed by atoms with Crippen molar-refractivity contribution in [3.05, 3.63) is 70.1 Å². The number of benzene rings is 2. The van der Waals surface area contributed by atoms with Crippen LogP contribution in [0.15, 0.2) is 47.0 Å². The maximum absolute atomic E-state index is 13.0. The third-order valence-electron chi connectivity index (χ3n) is 6.56. The molecule has 2 heterocycles. The van der Waals surface area contributed by atoms with Gasteiger partial charge in [0.15, 0.2) is 0 Å². The van der Waals surface area contributed by atoms with Crippen LogP contribution in [0.4, 0.5) is 0 Å². The van der Waals surface area contributed by atoms with Crippen LogP contribution in [0.3, 0.4) is 0 Å². The molecule has 0 radical (unpaired) electrons. The number of aryl methyl sites for hydroxylation is 2. The van der Waals surface area contributed by atoms with Gasteiger partial charge >= 0.3 is 0 Å². The van der Waals surface area contributed by atoms with Gasteiger partial charge in [-0.25, -0.2) is 0 Å². The first-order valence-corrected chi connectivity index (χ1v) is 12.0. The van der Waals surface area contributed by atoms with E-state index in [4.69, 9.17) is 16.1 Å². The molecule has 1 atom stereocenters. The third kappa shape index (κ3) is 5.63. The van der Waals surface area contributed by atoms with Crippen LogP contribution in [-0.4, -0.2) is 34.0 Å². The van der Waals surface area contributed by atoms with Gasteiger partial charge in [-0.15, -0.1) is 0 Å². The van der Waals surface area contributed by atoms with Crippen molar-refractivity contribution >= 4 is 17.5 Å². The van der Waals surface area contributed by atoms with Gasteiger partial charge < -0.3 is 9.84 Å². The van der Waals surface area contributed by atoms with Gasteiger partial charge in [0.2, 0.25) is 17.6 Å². The maximum Gasteiger partial charge on any atom is 0.241 e. The molecule has 7 heteroatoms. The monoisotopic (exact) mass is 466 g/mol. The number of hydrogen-bond acceptors (Lipinski definition) is 5. The molecule has 1 saturated heterocycles. The highest BCUT2D eigenvalue weighted by Gasteiger charge is 2.27. The fourth-order valence-corrected chi connectivity index (χ4v) is 4.53. The van der Waals surface area contributed by atoms with Crippen molar-refractivity contribution in [2.75, 3.05) is 13.1 Å². The smallest absolute Gasteiger partial charge is 0.241 e. The fraction of sp³-hybridized carbons (Fsp3) is 0.423. The predicted octanol–water partition coefficient (Wildman–Crippen LogP) is 5.49. The van der Waals surface area contributed by atoms with Crippen molar-refractivity contribution in [1.29, 1.82) is 0 Å². The lowest BCUT2D eigenvalue weighted by Crippen LogP contribution is -2.41. The third-order valence-corrected chi connectivity index (χ3v) is 6.89. The largest absolute Gasteiger partial charge is 0.349 e. The van der Waals surface area contributed by atoms with Crippen LogP contribution in [0.1, 0.15) is 54.8 Å². The topological polar surface area (TPSA) is 71.3 Å². The van der Waals surface area contributed by atoms with Crippen molar-refractivity contribution in [2.24, 2.45) is 5.92 Å². The van der Waals surface area contributed by atoms with Crippen LogP contribution in [0, 0.1) is 19.8 Å². The van der Waals surface area contributed by atoms with Gasteiger partial charge in [0.1, 0.15) is 0 Å². The van der Waals surface area contributed by atoms with E-state index in [1.54, 1.807) is 0 Å². The Kier molecular flexibility index (Phi) is 7.46. The molecular formula is C26H31ClN4O2. The van der Waals surface area contributed by atoms with Gasteiger partial charge in [0.25, 0.3) is 0 Å². The zero-order chi connectivity index (χ0) is 23.4. The summed E-state index contributed by atoms with van der Waals surface area (Å²) in [6.45, 7) is 8.56. The number of carbonyl (C=O) groups is 1. The van der Waals surface area contributed by atoms with E-state index >= 15 is 0 Å². The quantitative estimate of drug-likeness (QED) is 0.498. The molecule has 1 N–H and O–H groups in total. The molecule has 1 fully saturated rings. The zero-order valence-corrected chi connectivity index (χ0v) is 20.2. The molecule has 3 aromatic rings. The van der Waals surface area contributed by atoms with Crippen LogP contribution < -0.4 is 5.32 Å². The van der Waals surface area contributed by atoms with E-state index in [2.05, 4.69) is 59.3 Å². The molecule has 1 aliphatic rings. The van der Waals surface area contributed by atoms with Crippen molar-refractivity contribution in [3.8, 4) is 11.4 Å². The Morgan fingerprint density at radius 1 is 1.18 bits per heavy atom. The zero-order valence-electron chi connectivity index (χ0n) is 19.5. The average Bonchev–Trinajstić information content (AvgIpc) is 3.28. The van der Waals surface area contributed by atoms with E-state index in [1.807, 2.05) is 24.3 Å². The molecule has 4 rings (SSSR count). The maximum atomic E-state index is 13.0. The van der Waals surface area contributed by atoms with E-state index < -0.39 is 0 Å². The molecule has 1 unspecified atom stereocenters. The number of nitrogens with zero attached hydrogens (tertiary/aromatic N) is 3. The highest BCUT2D eigenvalue weighted by molar-refractivity contribution is 6.33. The molecule has 1 amide bonds. The standard InChI is InChI=1S/C26H31ClN4O2/c1-4-23(20-10-9-17(2)18(3)15-20)28-26(32)19-11-13-31(14-12-19)16-24-29-25(30-33-24)21-7-5-6-8-22(21)27/h5-10,15,19,23H,4,11-14,16H2,1-3H3,(H,28,32). The van der Waals surface area contributed by atoms with Gasteiger partial charge in [0.05, 0.1) is 17.6 Å². The lowest BCUT2D eigenvalue weighted by atomic mass is 9.94. The molecule has 33 heavy (non-hydrogen) atoms. The van der Waals surface area contributed by atoms with Crippen LogP contribution in [0.2, 0.25) is 5.02 Å². The van der Waals surface area contributed by atoms with Crippen LogP contribution >= 0.6 is 11.6 Å².